The van der Waals surface area contributed by atoms with Gasteiger partial charge in [0.2, 0.25) is 5.78 Å². The molecule has 0 spiro atoms. The standard InChI is InChI=1S/C16H12BrNO5S/c17-14-6-5-13(24-14)11(19)9-22-15(20)7-8-18-10-3-1-2-4-12(10)23-16(18)21/h1-6H,7-9H2. The van der Waals surface area contributed by atoms with Gasteiger partial charge in [-0.1, -0.05) is 12.1 Å². The van der Waals surface area contributed by atoms with E-state index < -0.39 is 11.7 Å². The maximum absolute atomic E-state index is 11.9. The maximum atomic E-state index is 11.9. The molecule has 0 radical (unpaired) electrons. The lowest BCUT2D eigenvalue weighted by Gasteiger charge is -2.04. The number of aryl methyl sites for hydroxylation is 1. The Balaban J connectivity index is 1.56. The fraction of sp³-hybridized carbons (Fsp3) is 0.188. The van der Waals surface area contributed by atoms with Crippen molar-refractivity contribution < 1.29 is 18.7 Å². The molecular formula is C16H12BrNO5S. The number of hydrogen-bond acceptors (Lipinski definition) is 6. The van der Waals surface area contributed by atoms with E-state index in [9.17, 15) is 14.4 Å². The van der Waals surface area contributed by atoms with Gasteiger partial charge in [-0.15, -0.1) is 11.3 Å². The van der Waals surface area contributed by atoms with Crippen molar-refractivity contribution in [3.63, 3.8) is 0 Å². The van der Waals surface area contributed by atoms with Crippen LogP contribution in [0.3, 0.4) is 0 Å². The van der Waals surface area contributed by atoms with Gasteiger partial charge in [-0.25, -0.2) is 4.79 Å². The van der Waals surface area contributed by atoms with Crippen LogP contribution in [0.2, 0.25) is 0 Å². The normalized spacial score (nSPS) is 10.9. The van der Waals surface area contributed by atoms with E-state index in [-0.39, 0.29) is 25.4 Å². The van der Waals surface area contributed by atoms with Gasteiger partial charge >= 0.3 is 11.7 Å². The van der Waals surface area contributed by atoms with E-state index >= 15 is 0 Å². The number of fused-ring (bicyclic) bond motifs is 1. The molecule has 0 aliphatic heterocycles. The minimum atomic E-state index is -0.545. The van der Waals surface area contributed by atoms with Crippen molar-refractivity contribution in [2.24, 2.45) is 0 Å². The molecule has 2 heterocycles. The van der Waals surface area contributed by atoms with Crippen LogP contribution in [0.4, 0.5) is 0 Å². The van der Waals surface area contributed by atoms with Crippen LogP contribution >= 0.6 is 27.3 Å². The van der Waals surface area contributed by atoms with Crippen LogP contribution in [0.15, 0.2) is 49.4 Å². The van der Waals surface area contributed by atoms with Crippen molar-refractivity contribution in [2.75, 3.05) is 6.61 Å². The Hall–Kier alpha value is -2.19. The van der Waals surface area contributed by atoms with E-state index in [1.54, 1.807) is 36.4 Å². The highest BCUT2D eigenvalue weighted by molar-refractivity contribution is 9.11. The molecule has 0 saturated carbocycles. The largest absolute Gasteiger partial charge is 0.457 e. The third-order valence-corrected chi connectivity index (χ3v) is 4.99. The number of benzene rings is 1. The number of carbonyl (C=O) groups is 2. The third-order valence-electron chi connectivity index (χ3n) is 3.33. The minimum Gasteiger partial charge on any atom is -0.457 e. The van der Waals surface area contributed by atoms with E-state index in [4.69, 9.17) is 9.15 Å². The lowest BCUT2D eigenvalue weighted by molar-refractivity contribution is -0.142. The highest BCUT2D eigenvalue weighted by Crippen LogP contribution is 2.22. The Morgan fingerprint density at radius 2 is 2.00 bits per heavy atom. The number of hydrogen-bond donors (Lipinski definition) is 0. The Bertz CT molecular complexity index is 955. The summed E-state index contributed by atoms with van der Waals surface area (Å²) >= 11 is 4.55. The number of ketones is 1. The summed E-state index contributed by atoms with van der Waals surface area (Å²) in [6.07, 6.45) is -0.0230. The number of halogens is 1. The Morgan fingerprint density at radius 1 is 1.21 bits per heavy atom. The van der Waals surface area contributed by atoms with Crippen LogP contribution in [0, 0.1) is 0 Å². The van der Waals surface area contributed by atoms with Crippen molar-refractivity contribution in [3.05, 3.63) is 55.6 Å². The molecule has 0 saturated heterocycles. The van der Waals surface area contributed by atoms with E-state index in [0.717, 1.165) is 3.79 Å². The molecule has 8 heteroatoms. The number of oxazole rings is 1. The van der Waals surface area contributed by atoms with Crippen LogP contribution in [0.25, 0.3) is 11.1 Å². The topological polar surface area (TPSA) is 78.5 Å². The molecule has 3 aromatic rings. The monoisotopic (exact) mass is 409 g/mol. The number of Topliss-reactive ketones (excluding diaryl/α,β-unsaturated/α-hetero) is 1. The molecule has 0 aliphatic rings. The second-order valence-electron chi connectivity index (χ2n) is 4.92. The summed E-state index contributed by atoms with van der Waals surface area (Å²) in [5.74, 6) is -1.33. The summed E-state index contributed by atoms with van der Waals surface area (Å²) < 4.78 is 12.3. The first kappa shape index (κ1) is 16.7. The van der Waals surface area contributed by atoms with Gasteiger partial charge in [0.25, 0.3) is 0 Å². The molecule has 0 N–H and O–H groups in total. The summed E-state index contributed by atoms with van der Waals surface area (Å²) in [6.45, 7) is -0.180. The highest BCUT2D eigenvalue weighted by atomic mass is 79.9. The first-order valence-corrected chi connectivity index (χ1v) is 8.68. The van der Waals surface area contributed by atoms with Crippen LogP contribution in [0.1, 0.15) is 16.1 Å². The molecule has 2 aromatic heterocycles. The minimum absolute atomic E-state index is 0.0230. The van der Waals surface area contributed by atoms with Gasteiger partial charge in [-0.05, 0) is 40.2 Å². The summed E-state index contributed by atoms with van der Waals surface area (Å²) in [5.41, 5.74) is 1.09. The van der Waals surface area contributed by atoms with Gasteiger partial charge in [-0.3, -0.25) is 14.2 Å². The van der Waals surface area contributed by atoms with Crippen molar-refractivity contribution in [3.8, 4) is 0 Å². The van der Waals surface area contributed by atoms with E-state index in [0.29, 0.717) is 16.0 Å². The molecule has 0 fully saturated rings. The number of carbonyl (C=O) groups excluding carboxylic acids is 2. The van der Waals surface area contributed by atoms with Gasteiger partial charge in [-0.2, -0.15) is 0 Å². The molecule has 0 bridgehead atoms. The summed E-state index contributed by atoms with van der Waals surface area (Å²) in [4.78, 5) is 36.0. The van der Waals surface area contributed by atoms with Crippen LogP contribution in [0.5, 0.6) is 0 Å². The first-order chi connectivity index (χ1) is 11.5. The zero-order valence-corrected chi connectivity index (χ0v) is 14.8. The Labute approximate surface area is 148 Å². The number of aromatic nitrogens is 1. The van der Waals surface area contributed by atoms with Crippen molar-refractivity contribution >= 4 is 50.1 Å². The molecule has 0 unspecified atom stereocenters. The van der Waals surface area contributed by atoms with E-state index in [2.05, 4.69) is 15.9 Å². The SMILES string of the molecule is O=C(CCn1c(=O)oc2ccccc21)OCC(=O)c1ccc(Br)s1. The summed E-state index contributed by atoms with van der Waals surface area (Å²) in [6, 6.07) is 10.4. The zero-order chi connectivity index (χ0) is 17.1. The van der Waals surface area contributed by atoms with Gasteiger partial charge in [0, 0.05) is 6.54 Å². The van der Waals surface area contributed by atoms with Crippen molar-refractivity contribution in [1.82, 2.24) is 4.57 Å². The number of nitrogens with zero attached hydrogens (tertiary/aromatic N) is 1. The van der Waals surface area contributed by atoms with Gasteiger partial charge in [0.05, 0.1) is 20.6 Å². The molecule has 0 aliphatic carbocycles. The van der Waals surface area contributed by atoms with Gasteiger partial charge in [0.15, 0.2) is 12.2 Å². The van der Waals surface area contributed by atoms with Crippen LogP contribution < -0.4 is 5.76 Å². The Morgan fingerprint density at radius 3 is 2.75 bits per heavy atom. The fourth-order valence-electron chi connectivity index (χ4n) is 2.18. The second kappa shape index (κ2) is 7.14. The van der Waals surface area contributed by atoms with Crippen LogP contribution in [-0.2, 0) is 16.1 Å². The molecular weight excluding hydrogens is 398 g/mol. The smallest absolute Gasteiger partial charge is 0.419 e. The number of para-hydroxylation sites is 2. The molecule has 0 atom stereocenters. The van der Waals surface area contributed by atoms with Crippen molar-refractivity contribution in [2.45, 2.75) is 13.0 Å². The molecule has 24 heavy (non-hydrogen) atoms. The molecule has 0 amide bonds. The molecule has 3 rings (SSSR count). The predicted octanol–water partition coefficient (Wildman–Crippen LogP) is 3.23. The number of esters is 1. The zero-order valence-electron chi connectivity index (χ0n) is 12.4. The summed E-state index contributed by atoms with van der Waals surface area (Å²) in [7, 11) is 0. The maximum Gasteiger partial charge on any atom is 0.419 e. The van der Waals surface area contributed by atoms with E-state index in [1.165, 1.54) is 15.9 Å². The molecule has 124 valence electrons. The third kappa shape index (κ3) is 3.65. The average Bonchev–Trinajstić information content (AvgIpc) is 3.13. The van der Waals surface area contributed by atoms with Gasteiger partial charge in [0.1, 0.15) is 0 Å². The molecule has 6 nitrogen and oxygen atoms in total. The first-order valence-electron chi connectivity index (χ1n) is 7.07. The Kier molecular flexibility index (Phi) is 4.96. The highest BCUT2D eigenvalue weighted by Gasteiger charge is 2.14. The lowest BCUT2D eigenvalue weighted by atomic mass is 10.3. The number of rotatable bonds is 6. The lowest BCUT2D eigenvalue weighted by Crippen LogP contribution is -2.19. The number of ether oxygens (including phenoxy) is 1. The second-order valence-corrected chi connectivity index (χ2v) is 7.39. The fourth-order valence-corrected chi connectivity index (χ4v) is 3.49. The summed E-state index contributed by atoms with van der Waals surface area (Å²) in [5, 5.41) is 0. The average molecular weight is 410 g/mol. The van der Waals surface area contributed by atoms with Gasteiger partial charge < -0.3 is 9.15 Å². The van der Waals surface area contributed by atoms with E-state index in [1.807, 2.05) is 0 Å². The van der Waals surface area contributed by atoms with Crippen LogP contribution in [-0.4, -0.2) is 22.9 Å². The number of thiophene rings is 1. The molecule has 1 aromatic carbocycles. The quantitative estimate of drug-likeness (QED) is 0.461. The van der Waals surface area contributed by atoms with Crippen molar-refractivity contribution in [1.29, 1.82) is 0 Å². The predicted molar refractivity (Wildman–Crippen MR) is 92.4 cm³/mol.